The topological polar surface area (TPSA) is 41.3 Å². The van der Waals surface area contributed by atoms with E-state index >= 15 is 0 Å². The first-order valence-electron chi connectivity index (χ1n) is 7.49. The van der Waals surface area contributed by atoms with E-state index in [-0.39, 0.29) is 0 Å². The number of piperidine rings is 1. The predicted octanol–water partition coefficient (Wildman–Crippen LogP) is 2.21. The van der Waals surface area contributed by atoms with Crippen molar-refractivity contribution in [1.82, 2.24) is 14.5 Å². The normalized spacial score (nSPS) is 21.5. The van der Waals surface area contributed by atoms with Crippen LogP contribution in [-0.2, 0) is 7.05 Å². The van der Waals surface area contributed by atoms with Crippen LogP contribution < -0.4 is 0 Å². The number of imidazole rings is 1. The highest BCUT2D eigenvalue weighted by atomic mass is 16.3. The van der Waals surface area contributed by atoms with Crippen molar-refractivity contribution in [2.45, 2.75) is 39.2 Å². The summed E-state index contributed by atoms with van der Waals surface area (Å²) < 4.78 is 1.93. The van der Waals surface area contributed by atoms with Crippen LogP contribution in [0, 0.1) is 11.8 Å². The Hall–Kier alpha value is -0.870. The molecule has 1 saturated heterocycles. The molecule has 2 unspecified atom stereocenters. The van der Waals surface area contributed by atoms with Crippen molar-refractivity contribution in [3.8, 4) is 0 Å². The van der Waals surface area contributed by atoms with Crippen molar-refractivity contribution >= 4 is 0 Å². The number of hydrogen-bond acceptors (Lipinski definition) is 3. The summed E-state index contributed by atoms with van der Waals surface area (Å²) in [5.41, 5.74) is 0. The molecule has 1 aromatic heterocycles. The summed E-state index contributed by atoms with van der Waals surface area (Å²) in [7, 11) is 1.95. The number of aliphatic hydroxyl groups is 1. The zero-order valence-electron chi connectivity index (χ0n) is 12.4. The van der Waals surface area contributed by atoms with E-state index < -0.39 is 6.10 Å². The Morgan fingerprint density at radius 2 is 2.11 bits per heavy atom. The fourth-order valence-electron chi connectivity index (χ4n) is 2.89. The van der Waals surface area contributed by atoms with Gasteiger partial charge in [-0.05, 0) is 37.8 Å². The van der Waals surface area contributed by atoms with Gasteiger partial charge in [0.2, 0.25) is 0 Å². The van der Waals surface area contributed by atoms with Crippen molar-refractivity contribution in [2.75, 3.05) is 19.6 Å². The first-order chi connectivity index (χ1) is 9.11. The molecule has 4 heteroatoms. The minimum atomic E-state index is -0.411. The molecule has 0 spiro atoms. The van der Waals surface area contributed by atoms with Crippen LogP contribution in [0.2, 0.25) is 0 Å². The lowest BCUT2D eigenvalue weighted by atomic mass is 9.90. The molecule has 4 nitrogen and oxygen atoms in total. The smallest absolute Gasteiger partial charge is 0.137 e. The van der Waals surface area contributed by atoms with Crippen LogP contribution in [0.5, 0.6) is 0 Å². The van der Waals surface area contributed by atoms with E-state index in [1.165, 1.54) is 13.0 Å². The Balaban J connectivity index is 1.85. The maximum atomic E-state index is 10.4. The van der Waals surface area contributed by atoms with Crippen molar-refractivity contribution in [3.63, 3.8) is 0 Å². The number of aryl methyl sites for hydroxylation is 1. The van der Waals surface area contributed by atoms with Crippen molar-refractivity contribution in [3.05, 3.63) is 18.2 Å². The number of rotatable bonds is 5. The van der Waals surface area contributed by atoms with E-state index in [2.05, 4.69) is 23.7 Å². The molecule has 0 saturated carbocycles. The molecule has 1 aliphatic rings. The van der Waals surface area contributed by atoms with Gasteiger partial charge in [0.15, 0.2) is 0 Å². The molecule has 2 heterocycles. The SMILES string of the molecule is CCC(C)CN1CCC(C(O)c2nccn2C)CC1. The summed E-state index contributed by atoms with van der Waals surface area (Å²) in [6.45, 7) is 7.98. The van der Waals surface area contributed by atoms with E-state index in [1.807, 2.05) is 17.8 Å². The van der Waals surface area contributed by atoms with Crippen LogP contribution in [0.25, 0.3) is 0 Å². The lowest BCUT2D eigenvalue weighted by molar-refractivity contribution is 0.0476. The first-order valence-corrected chi connectivity index (χ1v) is 7.49. The second-order valence-corrected chi connectivity index (χ2v) is 5.99. The molecule has 2 atom stereocenters. The zero-order valence-corrected chi connectivity index (χ0v) is 12.4. The van der Waals surface area contributed by atoms with Gasteiger partial charge in [0.25, 0.3) is 0 Å². The molecule has 1 aliphatic heterocycles. The quantitative estimate of drug-likeness (QED) is 0.887. The molecule has 19 heavy (non-hydrogen) atoms. The van der Waals surface area contributed by atoms with Gasteiger partial charge in [-0.25, -0.2) is 4.98 Å². The summed E-state index contributed by atoms with van der Waals surface area (Å²) in [5.74, 6) is 1.94. The first kappa shape index (κ1) is 14.5. The number of nitrogens with zero attached hydrogens (tertiary/aromatic N) is 3. The van der Waals surface area contributed by atoms with Crippen LogP contribution in [-0.4, -0.2) is 39.2 Å². The van der Waals surface area contributed by atoms with E-state index in [0.717, 1.165) is 37.7 Å². The third-order valence-electron chi connectivity index (χ3n) is 4.47. The van der Waals surface area contributed by atoms with Gasteiger partial charge in [-0.2, -0.15) is 0 Å². The highest BCUT2D eigenvalue weighted by Gasteiger charge is 2.28. The molecular formula is C15H27N3O. The van der Waals surface area contributed by atoms with E-state index in [0.29, 0.717) is 5.92 Å². The van der Waals surface area contributed by atoms with Crippen molar-refractivity contribution < 1.29 is 5.11 Å². The van der Waals surface area contributed by atoms with E-state index in [1.54, 1.807) is 6.20 Å². The molecule has 1 aromatic rings. The van der Waals surface area contributed by atoms with Gasteiger partial charge in [0.1, 0.15) is 11.9 Å². The van der Waals surface area contributed by atoms with Crippen LogP contribution in [0.1, 0.15) is 45.0 Å². The highest BCUT2D eigenvalue weighted by molar-refractivity contribution is 4.98. The van der Waals surface area contributed by atoms with Gasteiger partial charge in [0.05, 0.1) is 0 Å². The Morgan fingerprint density at radius 3 is 2.63 bits per heavy atom. The molecule has 0 aromatic carbocycles. The van der Waals surface area contributed by atoms with Gasteiger partial charge in [0, 0.05) is 26.0 Å². The van der Waals surface area contributed by atoms with E-state index in [4.69, 9.17) is 0 Å². The average molecular weight is 265 g/mol. The minimum Gasteiger partial charge on any atom is -0.385 e. The summed E-state index contributed by atoms with van der Waals surface area (Å²) in [6.07, 6.45) is 6.64. The van der Waals surface area contributed by atoms with Gasteiger partial charge in [-0.3, -0.25) is 0 Å². The maximum absolute atomic E-state index is 10.4. The third kappa shape index (κ3) is 3.57. The molecule has 0 amide bonds. The molecular weight excluding hydrogens is 238 g/mol. The standard InChI is InChI=1S/C15H27N3O/c1-4-12(2)11-18-8-5-13(6-9-18)14(19)15-16-7-10-17(15)3/h7,10,12-14,19H,4-6,8-9,11H2,1-3H3. The van der Waals surface area contributed by atoms with Crippen molar-refractivity contribution in [2.24, 2.45) is 18.9 Å². The average Bonchev–Trinajstić information content (AvgIpc) is 2.85. The fourth-order valence-corrected chi connectivity index (χ4v) is 2.89. The summed E-state index contributed by atoms with van der Waals surface area (Å²) >= 11 is 0. The van der Waals surface area contributed by atoms with Crippen LogP contribution in [0.4, 0.5) is 0 Å². The molecule has 0 bridgehead atoms. The molecule has 0 radical (unpaired) electrons. The number of likely N-dealkylation sites (tertiary alicyclic amines) is 1. The van der Waals surface area contributed by atoms with E-state index in [9.17, 15) is 5.11 Å². The third-order valence-corrected chi connectivity index (χ3v) is 4.47. The predicted molar refractivity (Wildman–Crippen MR) is 76.8 cm³/mol. The van der Waals surface area contributed by atoms with Crippen LogP contribution >= 0.6 is 0 Å². The molecule has 1 fully saturated rings. The summed E-state index contributed by atoms with van der Waals surface area (Å²) in [5, 5.41) is 10.4. The van der Waals surface area contributed by atoms with Gasteiger partial charge < -0.3 is 14.6 Å². The van der Waals surface area contributed by atoms with Crippen molar-refractivity contribution in [1.29, 1.82) is 0 Å². The lowest BCUT2D eigenvalue weighted by Gasteiger charge is -2.35. The Bertz CT molecular complexity index is 382. The largest absolute Gasteiger partial charge is 0.385 e. The fraction of sp³-hybridized carbons (Fsp3) is 0.800. The van der Waals surface area contributed by atoms with Gasteiger partial charge in [-0.15, -0.1) is 0 Å². The molecule has 2 rings (SSSR count). The molecule has 1 N–H and O–H groups in total. The highest BCUT2D eigenvalue weighted by Crippen LogP contribution is 2.29. The second kappa shape index (κ2) is 6.53. The number of aliphatic hydroxyl groups excluding tert-OH is 1. The second-order valence-electron chi connectivity index (χ2n) is 5.99. The summed E-state index contributed by atoms with van der Waals surface area (Å²) in [6, 6.07) is 0. The Kier molecular flexibility index (Phi) is 4.99. The van der Waals surface area contributed by atoms with Crippen LogP contribution in [0.15, 0.2) is 12.4 Å². The van der Waals surface area contributed by atoms with Crippen LogP contribution in [0.3, 0.4) is 0 Å². The minimum absolute atomic E-state index is 0.356. The monoisotopic (exact) mass is 265 g/mol. The molecule has 108 valence electrons. The maximum Gasteiger partial charge on any atom is 0.137 e. The molecule has 0 aliphatic carbocycles. The Labute approximate surface area is 116 Å². The van der Waals surface area contributed by atoms with Gasteiger partial charge >= 0.3 is 0 Å². The summed E-state index contributed by atoms with van der Waals surface area (Å²) in [4.78, 5) is 6.81. The number of hydrogen-bond donors (Lipinski definition) is 1. The Morgan fingerprint density at radius 1 is 1.42 bits per heavy atom. The lowest BCUT2D eigenvalue weighted by Crippen LogP contribution is -2.38. The number of aromatic nitrogens is 2. The van der Waals surface area contributed by atoms with Gasteiger partial charge in [-0.1, -0.05) is 20.3 Å². The zero-order chi connectivity index (χ0) is 13.8.